The molecule has 2 amide bonds. The summed E-state index contributed by atoms with van der Waals surface area (Å²) >= 11 is 0. The predicted molar refractivity (Wildman–Crippen MR) is 123 cm³/mol. The quantitative estimate of drug-likeness (QED) is 0.413. The van der Waals surface area contributed by atoms with Gasteiger partial charge >= 0.3 is 6.03 Å². The van der Waals surface area contributed by atoms with E-state index in [2.05, 4.69) is 30.9 Å². The Kier molecular flexibility index (Phi) is 5.19. The van der Waals surface area contributed by atoms with Crippen LogP contribution in [0.15, 0.2) is 79.0 Å². The lowest BCUT2D eigenvalue weighted by Gasteiger charge is -2.10. The van der Waals surface area contributed by atoms with Gasteiger partial charge in [0.25, 0.3) is 0 Å². The van der Waals surface area contributed by atoms with Crippen LogP contribution in [-0.2, 0) is 0 Å². The fourth-order valence-corrected chi connectivity index (χ4v) is 3.32. The van der Waals surface area contributed by atoms with Crippen molar-refractivity contribution in [3.63, 3.8) is 0 Å². The minimum Gasteiger partial charge on any atom is -0.308 e. The minimum atomic E-state index is -0.477. The van der Waals surface area contributed by atoms with E-state index >= 15 is 0 Å². The van der Waals surface area contributed by atoms with Crippen LogP contribution in [0.25, 0.3) is 28.4 Å². The van der Waals surface area contributed by atoms with Gasteiger partial charge in [0.2, 0.25) is 5.82 Å². The zero-order valence-corrected chi connectivity index (χ0v) is 17.5. The third-order valence-corrected chi connectivity index (χ3v) is 5.00. The van der Waals surface area contributed by atoms with Gasteiger partial charge in [-0.1, -0.05) is 24.3 Å². The van der Waals surface area contributed by atoms with Crippen molar-refractivity contribution in [2.75, 3.05) is 10.6 Å². The second-order valence-electron chi connectivity index (χ2n) is 7.35. The molecule has 9 heteroatoms. The van der Waals surface area contributed by atoms with E-state index in [1.165, 1.54) is 6.07 Å². The van der Waals surface area contributed by atoms with E-state index in [9.17, 15) is 9.18 Å². The molecule has 2 N–H and O–H groups in total. The number of rotatable bonds is 4. The number of nitrogens with zero attached hydrogens (tertiary/aromatic N) is 5. The number of aryl methyl sites for hydroxylation is 1. The molecule has 2 aromatic carbocycles. The lowest BCUT2D eigenvalue weighted by molar-refractivity contribution is 0.262. The van der Waals surface area contributed by atoms with Gasteiger partial charge in [0.15, 0.2) is 5.65 Å². The van der Waals surface area contributed by atoms with Crippen LogP contribution in [0.5, 0.6) is 0 Å². The molecule has 0 saturated carbocycles. The smallest absolute Gasteiger partial charge is 0.308 e. The number of pyridine rings is 1. The first kappa shape index (κ1) is 20.3. The molecule has 3 aromatic heterocycles. The van der Waals surface area contributed by atoms with Crippen LogP contribution in [-0.4, -0.2) is 30.8 Å². The largest absolute Gasteiger partial charge is 0.323 e. The van der Waals surface area contributed by atoms with Crippen molar-refractivity contribution in [1.82, 2.24) is 24.8 Å². The summed E-state index contributed by atoms with van der Waals surface area (Å²) in [4.78, 5) is 16.7. The lowest BCUT2D eigenvalue weighted by atomic mass is 10.1. The molecular weight excluding hydrogens is 421 g/mol. The minimum absolute atomic E-state index is 0.369. The molecule has 5 aromatic rings. The van der Waals surface area contributed by atoms with Crippen molar-refractivity contribution in [3.8, 4) is 22.8 Å². The van der Waals surface area contributed by atoms with E-state index < -0.39 is 6.03 Å². The number of benzene rings is 2. The Morgan fingerprint density at radius 1 is 0.879 bits per heavy atom. The van der Waals surface area contributed by atoms with E-state index in [0.29, 0.717) is 39.8 Å². The Bertz CT molecular complexity index is 1470. The predicted octanol–water partition coefficient (Wildman–Crippen LogP) is 4.94. The van der Waals surface area contributed by atoms with Gasteiger partial charge in [-0.15, -0.1) is 10.2 Å². The standard InChI is InChI=1S/C24H18FN7O/c1-15-8-9-18(14-19(15)25)28-24(33)27-17-6-4-5-16(13-17)20-10-11-22-29-30-23(32(22)31-20)21-7-2-3-12-26-21/h2-14H,1H3,(H2,27,28,33). The van der Waals surface area contributed by atoms with Gasteiger partial charge in [0.05, 0.1) is 5.69 Å². The number of fused-ring (bicyclic) bond motifs is 1. The SMILES string of the molecule is Cc1ccc(NC(=O)Nc2cccc(-c3ccc4nnc(-c5ccccn5)n4n3)c2)cc1F. The molecule has 162 valence electrons. The van der Waals surface area contributed by atoms with E-state index in [0.717, 1.165) is 5.56 Å². The Morgan fingerprint density at radius 2 is 1.73 bits per heavy atom. The highest BCUT2D eigenvalue weighted by Gasteiger charge is 2.12. The number of amides is 2. The second-order valence-corrected chi connectivity index (χ2v) is 7.35. The van der Waals surface area contributed by atoms with E-state index in [4.69, 9.17) is 0 Å². The molecule has 0 fully saturated rings. The molecule has 0 spiro atoms. The third-order valence-electron chi connectivity index (χ3n) is 5.00. The fraction of sp³-hybridized carbons (Fsp3) is 0.0417. The van der Waals surface area contributed by atoms with Crippen LogP contribution >= 0.6 is 0 Å². The number of carbonyl (C=O) groups is 1. The third kappa shape index (κ3) is 4.24. The van der Waals surface area contributed by atoms with Crippen LogP contribution in [0.1, 0.15) is 5.56 Å². The highest BCUT2D eigenvalue weighted by Crippen LogP contribution is 2.23. The Labute approximate surface area is 188 Å². The molecule has 0 aliphatic heterocycles. The van der Waals surface area contributed by atoms with E-state index in [1.54, 1.807) is 41.9 Å². The summed E-state index contributed by atoms with van der Waals surface area (Å²) in [5.74, 6) is 0.154. The summed E-state index contributed by atoms with van der Waals surface area (Å²) in [6, 6.07) is 20.5. The first-order valence-corrected chi connectivity index (χ1v) is 10.2. The Hall–Kier alpha value is -4.66. The van der Waals surface area contributed by atoms with Gasteiger partial charge in [-0.3, -0.25) is 4.98 Å². The molecule has 0 saturated heterocycles. The average Bonchev–Trinajstić information content (AvgIpc) is 3.25. The van der Waals surface area contributed by atoms with Crippen molar-refractivity contribution in [2.24, 2.45) is 0 Å². The average molecular weight is 439 g/mol. The number of carbonyl (C=O) groups excluding carboxylic acids is 1. The van der Waals surface area contributed by atoms with Crippen LogP contribution in [0, 0.1) is 12.7 Å². The highest BCUT2D eigenvalue weighted by molar-refractivity contribution is 6.00. The topological polar surface area (TPSA) is 97.1 Å². The molecule has 3 heterocycles. The zero-order chi connectivity index (χ0) is 22.8. The Balaban J connectivity index is 1.39. The molecular formula is C24H18FN7O. The summed E-state index contributed by atoms with van der Waals surface area (Å²) in [5.41, 5.74) is 4.16. The number of hydrogen-bond acceptors (Lipinski definition) is 5. The fourth-order valence-electron chi connectivity index (χ4n) is 3.32. The summed E-state index contributed by atoms with van der Waals surface area (Å²) < 4.78 is 15.4. The van der Waals surface area contributed by atoms with Gasteiger partial charge in [-0.25, -0.2) is 9.18 Å². The highest BCUT2D eigenvalue weighted by atomic mass is 19.1. The van der Waals surface area contributed by atoms with Crippen LogP contribution in [0.4, 0.5) is 20.6 Å². The van der Waals surface area contributed by atoms with Gasteiger partial charge in [-0.2, -0.15) is 9.61 Å². The van der Waals surface area contributed by atoms with Gasteiger partial charge in [-0.05, 0) is 61.0 Å². The van der Waals surface area contributed by atoms with Crippen LogP contribution < -0.4 is 10.6 Å². The molecule has 0 radical (unpaired) electrons. The Morgan fingerprint density at radius 3 is 2.52 bits per heavy atom. The maximum absolute atomic E-state index is 13.7. The van der Waals surface area contributed by atoms with Crippen molar-refractivity contribution in [1.29, 1.82) is 0 Å². The van der Waals surface area contributed by atoms with E-state index in [-0.39, 0.29) is 5.82 Å². The maximum Gasteiger partial charge on any atom is 0.323 e. The number of anilines is 2. The van der Waals surface area contributed by atoms with Crippen LogP contribution in [0.3, 0.4) is 0 Å². The first-order chi connectivity index (χ1) is 16.1. The monoisotopic (exact) mass is 439 g/mol. The van der Waals surface area contributed by atoms with Crippen molar-refractivity contribution >= 4 is 23.1 Å². The molecule has 33 heavy (non-hydrogen) atoms. The summed E-state index contributed by atoms with van der Waals surface area (Å²) in [5, 5.41) is 18.4. The van der Waals surface area contributed by atoms with Crippen molar-refractivity contribution in [3.05, 3.63) is 90.4 Å². The van der Waals surface area contributed by atoms with Gasteiger partial charge in [0, 0.05) is 23.1 Å². The molecule has 0 aliphatic carbocycles. The summed E-state index contributed by atoms with van der Waals surface area (Å²) in [7, 11) is 0. The number of halogens is 1. The molecule has 8 nitrogen and oxygen atoms in total. The first-order valence-electron chi connectivity index (χ1n) is 10.2. The van der Waals surface area contributed by atoms with Gasteiger partial charge in [0.1, 0.15) is 11.5 Å². The summed E-state index contributed by atoms with van der Waals surface area (Å²) in [6.07, 6.45) is 1.69. The van der Waals surface area contributed by atoms with Crippen molar-refractivity contribution < 1.29 is 9.18 Å². The van der Waals surface area contributed by atoms with Crippen molar-refractivity contribution in [2.45, 2.75) is 6.92 Å². The summed E-state index contributed by atoms with van der Waals surface area (Å²) in [6.45, 7) is 1.66. The van der Waals surface area contributed by atoms with E-state index in [1.807, 2.05) is 42.5 Å². The zero-order valence-electron chi connectivity index (χ0n) is 17.5. The number of hydrogen-bond donors (Lipinski definition) is 2. The molecule has 0 bridgehead atoms. The number of urea groups is 1. The lowest BCUT2D eigenvalue weighted by Crippen LogP contribution is -2.19. The number of nitrogens with one attached hydrogen (secondary N) is 2. The van der Waals surface area contributed by atoms with Gasteiger partial charge < -0.3 is 10.6 Å². The molecule has 5 rings (SSSR count). The van der Waals surface area contributed by atoms with Crippen LogP contribution in [0.2, 0.25) is 0 Å². The normalized spacial score (nSPS) is 10.8. The second kappa shape index (κ2) is 8.46. The maximum atomic E-state index is 13.7. The molecule has 0 aliphatic rings. The molecule has 0 unspecified atom stereocenters. The molecule has 0 atom stereocenters. The number of aromatic nitrogens is 5.